The molecule has 0 spiro atoms. The van der Waals surface area contributed by atoms with E-state index in [4.69, 9.17) is 27.9 Å². The van der Waals surface area contributed by atoms with E-state index >= 15 is 0 Å². The second-order valence-corrected chi connectivity index (χ2v) is 5.86. The standard InChI is InChI=1S/C16H18Cl2N4O2/c1-10-20-14(16(23)19-6-3-7-24-2)9-15(21-10)22-11-4-5-12(17)13(18)8-11/h4-5,8-9H,3,6-7H2,1-2H3,(H,19,23)(H,20,21,22). The Labute approximate surface area is 150 Å². The molecule has 0 saturated heterocycles. The van der Waals surface area contributed by atoms with Crippen LogP contribution in [0.3, 0.4) is 0 Å². The van der Waals surface area contributed by atoms with Gasteiger partial charge in [-0.15, -0.1) is 0 Å². The average Bonchev–Trinajstić information content (AvgIpc) is 2.54. The number of hydrogen-bond acceptors (Lipinski definition) is 5. The van der Waals surface area contributed by atoms with E-state index in [0.29, 0.717) is 46.2 Å². The molecule has 2 N–H and O–H groups in total. The highest BCUT2D eigenvalue weighted by Crippen LogP contribution is 2.26. The number of carbonyl (C=O) groups excluding carboxylic acids is 1. The van der Waals surface area contributed by atoms with Gasteiger partial charge in [0.1, 0.15) is 17.3 Å². The first-order valence-corrected chi connectivity index (χ1v) is 8.10. The summed E-state index contributed by atoms with van der Waals surface area (Å²) in [7, 11) is 1.62. The molecule has 2 rings (SSSR count). The number of amides is 1. The van der Waals surface area contributed by atoms with Crippen LogP contribution in [0, 0.1) is 6.92 Å². The maximum absolute atomic E-state index is 12.2. The summed E-state index contributed by atoms with van der Waals surface area (Å²) in [5, 5.41) is 6.79. The van der Waals surface area contributed by atoms with Crippen LogP contribution in [0.5, 0.6) is 0 Å². The lowest BCUT2D eigenvalue weighted by Crippen LogP contribution is -2.26. The Bertz CT molecular complexity index is 725. The lowest BCUT2D eigenvalue weighted by atomic mass is 10.3. The van der Waals surface area contributed by atoms with Crippen LogP contribution in [0.2, 0.25) is 10.0 Å². The zero-order valence-corrected chi connectivity index (χ0v) is 14.9. The van der Waals surface area contributed by atoms with Crippen molar-refractivity contribution >= 4 is 40.6 Å². The van der Waals surface area contributed by atoms with Gasteiger partial charge < -0.3 is 15.4 Å². The van der Waals surface area contributed by atoms with Crippen LogP contribution in [0.25, 0.3) is 0 Å². The minimum absolute atomic E-state index is 0.256. The van der Waals surface area contributed by atoms with Crippen LogP contribution in [-0.4, -0.2) is 36.1 Å². The SMILES string of the molecule is COCCCNC(=O)c1cc(Nc2ccc(Cl)c(Cl)c2)nc(C)n1. The Kier molecular flexibility index (Phi) is 6.78. The molecule has 6 nitrogen and oxygen atoms in total. The summed E-state index contributed by atoms with van der Waals surface area (Å²) in [4.78, 5) is 20.6. The molecule has 0 radical (unpaired) electrons. The van der Waals surface area contributed by atoms with Gasteiger partial charge in [0, 0.05) is 32.0 Å². The number of benzene rings is 1. The normalized spacial score (nSPS) is 10.5. The fourth-order valence-electron chi connectivity index (χ4n) is 1.98. The highest BCUT2D eigenvalue weighted by atomic mass is 35.5. The Hall–Kier alpha value is -1.89. The van der Waals surface area contributed by atoms with Crippen molar-refractivity contribution in [2.24, 2.45) is 0 Å². The van der Waals surface area contributed by atoms with Gasteiger partial charge in [-0.2, -0.15) is 0 Å². The van der Waals surface area contributed by atoms with Gasteiger partial charge in [0.25, 0.3) is 5.91 Å². The van der Waals surface area contributed by atoms with Crippen LogP contribution < -0.4 is 10.6 Å². The number of anilines is 2. The maximum Gasteiger partial charge on any atom is 0.270 e. The van der Waals surface area contributed by atoms with Crippen molar-refractivity contribution in [1.82, 2.24) is 15.3 Å². The van der Waals surface area contributed by atoms with Crippen molar-refractivity contribution in [3.63, 3.8) is 0 Å². The van der Waals surface area contributed by atoms with E-state index in [1.54, 1.807) is 38.3 Å². The van der Waals surface area contributed by atoms with E-state index in [1.807, 2.05) is 0 Å². The lowest BCUT2D eigenvalue weighted by molar-refractivity contribution is 0.0943. The van der Waals surface area contributed by atoms with Crippen molar-refractivity contribution in [1.29, 1.82) is 0 Å². The first-order chi connectivity index (χ1) is 11.5. The fourth-order valence-corrected chi connectivity index (χ4v) is 2.28. The molecule has 1 aromatic heterocycles. The molecular weight excluding hydrogens is 351 g/mol. The fraction of sp³-hybridized carbons (Fsp3) is 0.312. The molecule has 0 aliphatic rings. The van der Waals surface area contributed by atoms with Gasteiger partial charge in [0.2, 0.25) is 0 Å². The van der Waals surface area contributed by atoms with Gasteiger partial charge in [0.05, 0.1) is 10.0 Å². The highest BCUT2D eigenvalue weighted by Gasteiger charge is 2.10. The summed E-state index contributed by atoms with van der Waals surface area (Å²) in [5.74, 6) is 0.735. The number of nitrogens with zero attached hydrogens (tertiary/aromatic N) is 2. The quantitative estimate of drug-likeness (QED) is 0.730. The van der Waals surface area contributed by atoms with Gasteiger partial charge >= 0.3 is 0 Å². The van der Waals surface area contributed by atoms with Crippen LogP contribution in [-0.2, 0) is 4.74 Å². The summed E-state index contributed by atoms with van der Waals surface area (Å²) < 4.78 is 4.94. The number of ether oxygens (including phenoxy) is 1. The summed E-state index contributed by atoms with van der Waals surface area (Å²) in [6.45, 7) is 2.83. The molecule has 0 unspecified atom stereocenters. The van der Waals surface area contributed by atoms with Crippen molar-refractivity contribution in [2.45, 2.75) is 13.3 Å². The molecule has 24 heavy (non-hydrogen) atoms. The third kappa shape index (κ3) is 5.33. The molecule has 0 fully saturated rings. The van der Waals surface area contributed by atoms with E-state index in [-0.39, 0.29) is 5.91 Å². The Balaban J connectivity index is 2.10. The van der Waals surface area contributed by atoms with Crippen LogP contribution in [0.1, 0.15) is 22.7 Å². The largest absolute Gasteiger partial charge is 0.385 e. The second-order valence-electron chi connectivity index (χ2n) is 5.04. The second kappa shape index (κ2) is 8.82. The average molecular weight is 369 g/mol. The molecule has 0 atom stereocenters. The highest BCUT2D eigenvalue weighted by molar-refractivity contribution is 6.42. The number of halogens is 2. The van der Waals surface area contributed by atoms with E-state index in [9.17, 15) is 4.79 Å². The lowest BCUT2D eigenvalue weighted by Gasteiger charge is -2.10. The first-order valence-electron chi connectivity index (χ1n) is 7.34. The predicted molar refractivity (Wildman–Crippen MR) is 95.3 cm³/mol. The molecule has 128 valence electrons. The van der Waals surface area contributed by atoms with Crippen molar-refractivity contribution in [2.75, 3.05) is 25.6 Å². The number of aromatic nitrogens is 2. The molecule has 1 heterocycles. The predicted octanol–water partition coefficient (Wildman–Crippen LogP) is 3.60. The molecule has 0 aliphatic carbocycles. The minimum atomic E-state index is -0.256. The van der Waals surface area contributed by atoms with Crippen LogP contribution >= 0.6 is 23.2 Å². The maximum atomic E-state index is 12.2. The summed E-state index contributed by atoms with van der Waals surface area (Å²) in [6, 6.07) is 6.73. The molecule has 2 aromatic rings. The molecule has 0 aliphatic heterocycles. The first kappa shape index (κ1) is 18.4. The van der Waals surface area contributed by atoms with Gasteiger partial charge in [-0.05, 0) is 31.5 Å². The van der Waals surface area contributed by atoms with Gasteiger partial charge in [-0.25, -0.2) is 9.97 Å². The van der Waals surface area contributed by atoms with Crippen molar-refractivity contribution in [3.05, 3.63) is 45.8 Å². The molecular formula is C16H18Cl2N4O2. The van der Waals surface area contributed by atoms with Gasteiger partial charge in [-0.3, -0.25) is 4.79 Å². The number of rotatable bonds is 7. The summed E-state index contributed by atoms with van der Waals surface area (Å²) >= 11 is 11.9. The Morgan fingerprint density at radius 1 is 1.21 bits per heavy atom. The number of aryl methyl sites for hydroxylation is 1. The van der Waals surface area contributed by atoms with Crippen molar-refractivity contribution < 1.29 is 9.53 Å². The van der Waals surface area contributed by atoms with Crippen molar-refractivity contribution in [3.8, 4) is 0 Å². The minimum Gasteiger partial charge on any atom is -0.385 e. The third-order valence-electron chi connectivity index (χ3n) is 3.07. The number of methoxy groups -OCH3 is 1. The number of nitrogens with one attached hydrogen (secondary N) is 2. The van der Waals surface area contributed by atoms with E-state index in [0.717, 1.165) is 6.42 Å². The summed E-state index contributed by atoms with van der Waals surface area (Å²) in [6.07, 6.45) is 0.737. The molecule has 1 aromatic carbocycles. The Morgan fingerprint density at radius 2 is 2.00 bits per heavy atom. The Morgan fingerprint density at radius 3 is 2.71 bits per heavy atom. The van der Waals surface area contributed by atoms with Gasteiger partial charge in [0.15, 0.2) is 0 Å². The summed E-state index contributed by atoms with van der Waals surface area (Å²) in [5.41, 5.74) is 1.01. The van der Waals surface area contributed by atoms with E-state index in [2.05, 4.69) is 20.6 Å². The van der Waals surface area contributed by atoms with Crippen LogP contribution in [0.15, 0.2) is 24.3 Å². The molecule has 8 heteroatoms. The monoisotopic (exact) mass is 368 g/mol. The third-order valence-corrected chi connectivity index (χ3v) is 3.81. The molecule has 0 bridgehead atoms. The molecule has 0 saturated carbocycles. The zero-order valence-electron chi connectivity index (χ0n) is 13.4. The number of carbonyl (C=O) groups is 1. The van der Waals surface area contributed by atoms with E-state index < -0.39 is 0 Å². The smallest absolute Gasteiger partial charge is 0.270 e. The number of hydrogen-bond donors (Lipinski definition) is 2. The van der Waals surface area contributed by atoms with E-state index in [1.165, 1.54) is 0 Å². The van der Waals surface area contributed by atoms with Crippen LogP contribution in [0.4, 0.5) is 11.5 Å². The topological polar surface area (TPSA) is 76.1 Å². The van der Waals surface area contributed by atoms with Gasteiger partial charge in [-0.1, -0.05) is 23.2 Å². The molecule has 1 amide bonds. The zero-order chi connectivity index (χ0) is 17.5.